The molecule has 2 fully saturated rings. The van der Waals surface area contributed by atoms with E-state index < -0.39 is 41.8 Å². The highest BCUT2D eigenvalue weighted by molar-refractivity contribution is 5.78. The summed E-state index contributed by atoms with van der Waals surface area (Å²) in [6, 6.07) is 21.6. The molecule has 0 N–H and O–H groups in total. The number of imidazole rings is 1. The second-order valence-electron chi connectivity index (χ2n) is 13.5. The minimum absolute atomic E-state index is 0.00907. The zero-order chi connectivity index (χ0) is 35.2. The summed E-state index contributed by atoms with van der Waals surface area (Å²) in [4.78, 5) is 35.3. The van der Waals surface area contributed by atoms with E-state index in [2.05, 4.69) is 0 Å². The SMILES string of the molecule is CC(C)C(=O)N(C[C@@H]1CN(C(=O)OCc2ccccc2)C[C@@H]1F)[C@@H](c1nc(-c2cc(F)ccc2F)cn1Cc1ccccc1)C1CCOCC1. The molecule has 11 heteroatoms. The first kappa shape index (κ1) is 35.2. The third-order valence-corrected chi connectivity index (χ3v) is 9.55. The molecule has 0 aliphatic carbocycles. The molecule has 4 aromatic rings. The lowest BCUT2D eigenvalue weighted by atomic mass is 9.88. The van der Waals surface area contributed by atoms with E-state index in [1.54, 1.807) is 24.9 Å². The van der Waals surface area contributed by atoms with Crippen LogP contribution in [0, 0.1) is 29.4 Å². The largest absolute Gasteiger partial charge is 0.445 e. The lowest BCUT2D eigenvalue weighted by Crippen LogP contribution is -2.47. The van der Waals surface area contributed by atoms with Crippen LogP contribution in [0.3, 0.4) is 0 Å². The monoisotopic (exact) mass is 688 g/mol. The fourth-order valence-corrected chi connectivity index (χ4v) is 6.92. The van der Waals surface area contributed by atoms with E-state index in [1.807, 2.05) is 65.2 Å². The molecule has 0 saturated carbocycles. The van der Waals surface area contributed by atoms with Crippen molar-refractivity contribution in [3.05, 3.63) is 114 Å². The first-order valence-corrected chi connectivity index (χ1v) is 17.2. The zero-order valence-electron chi connectivity index (χ0n) is 28.4. The van der Waals surface area contributed by atoms with Crippen LogP contribution in [0.25, 0.3) is 11.3 Å². The smallest absolute Gasteiger partial charge is 0.410 e. The molecular formula is C39H43F3N4O4. The summed E-state index contributed by atoms with van der Waals surface area (Å²) >= 11 is 0. The van der Waals surface area contributed by atoms with Crippen LogP contribution >= 0.6 is 0 Å². The molecule has 264 valence electrons. The summed E-state index contributed by atoms with van der Waals surface area (Å²) in [7, 11) is 0. The van der Waals surface area contributed by atoms with E-state index in [0.717, 1.165) is 29.3 Å². The Bertz CT molecular complexity index is 1750. The normalized spacial score (nSPS) is 18.7. The van der Waals surface area contributed by atoms with Crippen molar-refractivity contribution < 1.29 is 32.2 Å². The number of amides is 2. The minimum Gasteiger partial charge on any atom is -0.445 e. The number of likely N-dealkylation sites (tertiary alicyclic amines) is 1. The predicted molar refractivity (Wildman–Crippen MR) is 183 cm³/mol. The average molecular weight is 689 g/mol. The summed E-state index contributed by atoms with van der Waals surface area (Å²) < 4.78 is 58.5. The van der Waals surface area contributed by atoms with Crippen LogP contribution in [0.4, 0.5) is 18.0 Å². The maximum atomic E-state index is 15.9. The highest BCUT2D eigenvalue weighted by Crippen LogP contribution is 2.39. The number of carbonyl (C=O) groups excluding carboxylic acids is 2. The molecule has 2 aliphatic rings. The second kappa shape index (κ2) is 15.9. The Hall–Kier alpha value is -4.64. The van der Waals surface area contributed by atoms with Gasteiger partial charge in [0.15, 0.2) is 0 Å². The van der Waals surface area contributed by atoms with Gasteiger partial charge in [-0.25, -0.2) is 22.9 Å². The number of alkyl halides is 1. The van der Waals surface area contributed by atoms with Crippen LogP contribution < -0.4 is 0 Å². The molecule has 50 heavy (non-hydrogen) atoms. The van der Waals surface area contributed by atoms with E-state index in [0.29, 0.717) is 38.4 Å². The summed E-state index contributed by atoms with van der Waals surface area (Å²) in [5.41, 5.74) is 2.02. The van der Waals surface area contributed by atoms with E-state index in [4.69, 9.17) is 14.5 Å². The molecule has 0 unspecified atom stereocenters. The maximum absolute atomic E-state index is 15.9. The van der Waals surface area contributed by atoms with Crippen molar-refractivity contribution in [1.82, 2.24) is 19.4 Å². The third kappa shape index (κ3) is 8.21. The molecule has 2 aliphatic heterocycles. The number of nitrogens with zero attached hydrogens (tertiary/aromatic N) is 4. The van der Waals surface area contributed by atoms with Gasteiger partial charge < -0.3 is 23.8 Å². The topological polar surface area (TPSA) is 76.9 Å². The van der Waals surface area contributed by atoms with E-state index >= 15 is 8.78 Å². The number of aromatic nitrogens is 2. The molecule has 0 radical (unpaired) electrons. The molecule has 6 rings (SSSR count). The fourth-order valence-electron chi connectivity index (χ4n) is 6.92. The van der Waals surface area contributed by atoms with Gasteiger partial charge in [-0.15, -0.1) is 0 Å². The molecule has 0 bridgehead atoms. The van der Waals surface area contributed by atoms with Gasteiger partial charge in [-0.2, -0.15) is 0 Å². The van der Waals surface area contributed by atoms with Gasteiger partial charge in [0.25, 0.3) is 0 Å². The van der Waals surface area contributed by atoms with Crippen molar-refractivity contribution in [2.45, 2.75) is 52.1 Å². The first-order chi connectivity index (χ1) is 24.2. The molecule has 8 nitrogen and oxygen atoms in total. The summed E-state index contributed by atoms with van der Waals surface area (Å²) in [6.45, 7) is 4.96. The predicted octanol–water partition coefficient (Wildman–Crippen LogP) is 7.44. The molecule has 3 heterocycles. The van der Waals surface area contributed by atoms with E-state index in [9.17, 15) is 14.0 Å². The lowest BCUT2D eigenvalue weighted by molar-refractivity contribution is -0.140. The van der Waals surface area contributed by atoms with Crippen LogP contribution in [-0.2, 0) is 27.4 Å². The van der Waals surface area contributed by atoms with E-state index in [1.165, 1.54) is 4.90 Å². The Morgan fingerprint density at radius 3 is 2.32 bits per heavy atom. The summed E-state index contributed by atoms with van der Waals surface area (Å²) in [5, 5.41) is 0. The second-order valence-corrected chi connectivity index (χ2v) is 13.5. The number of benzene rings is 3. The molecular weight excluding hydrogens is 645 g/mol. The third-order valence-electron chi connectivity index (χ3n) is 9.55. The maximum Gasteiger partial charge on any atom is 0.410 e. The number of carbonyl (C=O) groups is 2. The van der Waals surface area contributed by atoms with Crippen LogP contribution in [0.1, 0.15) is 49.7 Å². The molecule has 1 aromatic heterocycles. The van der Waals surface area contributed by atoms with Crippen LogP contribution in [0.5, 0.6) is 0 Å². The Kier molecular flexibility index (Phi) is 11.2. The van der Waals surface area contributed by atoms with Crippen molar-refractivity contribution in [2.24, 2.45) is 17.8 Å². The summed E-state index contributed by atoms with van der Waals surface area (Å²) in [5.74, 6) is -2.12. The Morgan fingerprint density at radius 1 is 0.960 bits per heavy atom. The van der Waals surface area contributed by atoms with Crippen LogP contribution in [-0.4, -0.2) is 70.4 Å². The molecule has 2 amide bonds. The molecule has 3 aromatic carbocycles. The van der Waals surface area contributed by atoms with Gasteiger partial charge in [0.2, 0.25) is 5.91 Å². The number of hydrogen-bond acceptors (Lipinski definition) is 5. The van der Waals surface area contributed by atoms with Crippen LogP contribution in [0.2, 0.25) is 0 Å². The molecule has 2 saturated heterocycles. The van der Waals surface area contributed by atoms with Gasteiger partial charge in [0.05, 0.1) is 18.3 Å². The lowest BCUT2D eigenvalue weighted by Gasteiger charge is -2.40. The number of rotatable bonds is 11. The number of halogens is 3. The summed E-state index contributed by atoms with van der Waals surface area (Å²) in [6.07, 6.45) is 0.939. The Labute approximate surface area is 290 Å². The van der Waals surface area contributed by atoms with Crippen molar-refractivity contribution in [3.63, 3.8) is 0 Å². The van der Waals surface area contributed by atoms with Crippen molar-refractivity contribution in [1.29, 1.82) is 0 Å². The molecule has 0 spiro atoms. The Balaban J connectivity index is 1.36. The zero-order valence-corrected chi connectivity index (χ0v) is 28.4. The van der Waals surface area contributed by atoms with Gasteiger partial charge in [-0.05, 0) is 48.1 Å². The van der Waals surface area contributed by atoms with Gasteiger partial charge in [-0.1, -0.05) is 74.5 Å². The highest BCUT2D eigenvalue weighted by atomic mass is 19.1. The van der Waals surface area contributed by atoms with Crippen molar-refractivity contribution in [2.75, 3.05) is 32.8 Å². The first-order valence-electron chi connectivity index (χ1n) is 17.2. The van der Waals surface area contributed by atoms with Crippen LogP contribution in [0.15, 0.2) is 85.1 Å². The van der Waals surface area contributed by atoms with Gasteiger partial charge in [0.1, 0.15) is 30.2 Å². The fraction of sp³-hybridized carbons (Fsp3) is 0.410. The van der Waals surface area contributed by atoms with Gasteiger partial charge in [0, 0.05) is 56.4 Å². The average Bonchev–Trinajstić information content (AvgIpc) is 3.71. The number of hydrogen-bond donors (Lipinski definition) is 0. The van der Waals surface area contributed by atoms with Crippen molar-refractivity contribution in [3.8, 4) is 11.3 Å². The number of ether oxygens (including phenoxy) is 2. The molecule has 3 atom stereocenters. The minimum atomic E-state index is -1.39. The van der Waals surface area contributed by atoms with Gasteiger partial charge >= 0.3 is 6.09 Å². The van der Waals surface area contributed by atoms with Crippen molar-refractivity contribution >= 4 is 12.0 Å². The quantitative estimate of drug-likeness (QED) is 0.164. The Morgan fingerprint density at radius 2 is 1.64 bits per heavy atom. The highest BCUT2D eigenvalue weighted by Gasteiger charge is 2.43. The van der Waals surface area contributed by atoms with E-state index in [-0.39, 0.29) is 49.3 Å². The standard InChI is InChI=1S/C39H43F3N4O4/c1-26(2)38(47)46(22-30-21-45(23-34(30)42)39(48)50-25-28-11-7-4-8-12-28)36(29-15-17-49-18-16-29)37-43-35(32-19-31(40)13-14-33(32)41)24-44(37)20-27-9-5-3-6-10-27/h3-14,19,24,26,29-30,34,36H,15-18,20-23,25H2,1-2H3/t30-,34-,36+/m0/s1. The van der Waals surface area contributed by atoms with Gasteiger partial charge in [-0.3, -0.25) is 4.79 Å².